The van der Waals surface area contributed by atoms with Crippen LogP contribution in [0, 0.1) is 0 Å². The van der Waals surface area contributed by atoms with Gasteiger partial charge in [-0.1, -0.05) is 0 Å². The van der Waals surface area contributed by atoms with Gasteiger partial charge in [-0.25, -0.2) is 0 Å². The molecule has 4 heterocycles. The molecule has 2 aromatic heterocycles. The predicted molar refractivity (Wildman–Crippen MR) is 123 cm³/mol. The topological polar surface area (TPSA) is 13.1 Å². The number of para-hydroxylation sites is 1. The quantitative estimate of drug-likeness (QED) is 0.357. The summed E-state index contributed by atoms with van der Waals surface area (Å²) in [5.41, 5.74) is 5.52. The van der Waals surface area contributed by atoms with Crippen molar-refractivity contribution in [1.82, 2.24) is 8.96 Å². The molecule has 4 aromatic rings. The summed E-state index contributed by atoms with van der Waals surface area (Å²) < 4.78 is 7.85. The molecule has 6 rings (SSSR count). The fraction of sp³-hybridized carbons (Fsp3) is 0.167. The second-order valence-electron chi connectivity index (χ2n) is 8.83. The van der Waals surface area contributed by atoms with Crippen LogP contribution in [0.5, 0.6) is 0 Å². The van der Waals surface area contributed by atoms with Gasteiger partial charge in [-0.05, 0) is 0 Å². The zero-order valence-electron chi connectivity index (χ0n) is 16.8. The number of benzene rings is 2. The zero-order valence-corrected chi connectivity index (χ0v) is 18.5. The number of nitrogens with zero attached hydrogens (tertiary/aromatic N) is 3. The first-order valence-corrected chi connectivity index (χ1v) is 11.8. The number of anilines is 3. The summed E-state index contributed by atoms with van der Waals surface area (Å²) in [4.78, 5) is 2.44. The molecule has 3 nitrogen and oxygen atoms in total. The molecule has 0 spiro atoms. The van der Waals surface area contributed by atoms with Gasteiger partial charge in [0.2, 0.25) is 0 Å². The van der Waals surface area contributed by atoms with Crippen LogP contribution in [0.15, 0.2) is 79.1 Å². The Kier molecular flexibility index (Phi) is 3.54. The zero-order chi connectivity index (χ0) is 19.8. The molecule has 0 radical (unpaired) electrons. The molecule has 0 fully saturated rings. The number of fused-ring (bicyclic) bond motifs is 4. The Morgan fingerprint density at radius 3 is 2.38 bits per heavy atom. The van der Waals surface area contributed by atoms with Crippen molar-refractivity contribution in [3.63, 3.8) is 0 Å². The van der Waals surface area contributed by atoms with Crippen molar-refractivity contribution in [3.05, 3.63) is 84.7 Å². The van der Waals surface area contributed by atoms with Crippen LogP contribution in [0.4, 0.5) is 17.2 Å². The predicted octanol–water partition coefficient (Wildman–Crippen LogP) is 3.13. The van der Waals surface area contributed by atoms with E-state index in [4.69, 9.17) is 0 Å². The minimum absolute atomic E-state index is 0.109. The third-order valence-corrected chi connectivity index (χ3v) is 8.30. The number of aromatic nitrogens is 2. The third kappa shape index (κ3) is 2.44. The molecule has 2 aromatic carbocycles. The normalized spacial score (nSPS) is 14.4. The van der Waals surface area contributed by atoms with E-state index in [1.807, 2.05) is 0 Å². The van der Waals surface area contributed by atoms with Gasteiger partial charge >= 0.3 is 178 Å². The van der Waals surface area contributed by atoms with Gasteiger partial charge in [-0.3, -0.25) is 0 Å². The molecule has 0 N–H and O–H groups in total. The summed E-state index contributed by atoms with van der Waals surface area (Å²) in [6.45, 7) is 7.14. The molecule has 0 aliphatic carbocycles. The Morgan fingerprint density at radius 1 is 0.828 bits per heavy atom. The molecule has 2 aliphatic rings. The van der Waals surface area contributed by atoms with Crippen LogP contribution < -0.4 is 19.4 Å². The van der Waals surface area contributed by atoms with Crippen LogP contribution in [0.25, 0.3) is 0 Å². The molecule has 0 bridgehead atoms. The van der Waals surface area contributed by atoms with Crippen LogP contribution in [-0.2, 0) is 5.41 Å². The van der Waals surface area contributed by atoms with E-state index in [1.54, 1.807) is 0 Å². The first-order chi connectivity index (χ1) is 14.0. The van der Waals surface area contributed by atoms with Gasteiger partial charge in [-0.15, -0.1) is 0 Å². The molecule has 2 aliphatic heterocycles. The van der Waals surface area contributed by atoms with Gasteiger partial charge in [-0.2, -0.15) is 0 Å². The van der Waals surface area contributed by atoms with Gasteiger partial charge in [0.15, 0.2) is 0 Å². The molecule has 0 atom stereocenters. The van der Waals surface area contributed by atoms with Gasteiger partial charge < -0.3 is 0 Å². The Hall–Kier alpha value is -2.62. The van der Waals surface area contributed by atoms with Crippen molar-refractivity contribution in [2.45, 2.75) is 26.2 Å². The minimum atomic E-state index is 0.109. The second kappa shape index (κ2) is 5.95. The molecule has 0 unspecified atom stereocenters. The Labute approximate surface area is 178 Å². The summed E-state index contributed by atoms with van der Waals surface area (Å²) in [6, 6.07) is 24.6. The van der Waals surface area contributed by atoms with Crippen LogP contribution in [0.2, 0.25) is 0 Å². The summed E-state index contributed by atoms with van der Waals surface area (Å²) in [5.74, 6) is 1.22. The van der Waals surface area contributed by atoms with E-state index in [0.29, 0.717) is 15.0 Å². The number of hydrogen-bond donors (Lipinski definition) is 0. The second-order valence-corrected chi connectivity index (χ2v) is 11.1. The van der Waals surface area contributed by atoms with Crippen LogP contribution >= 0.6 is 0 Å². The van der Waals surface area contributed by atoms with Crippen molar-refractivity contribution >= 4 is 53.6 Å². The van der Waals surface area contributed by atoms with Crippen molar-refractivity contribution in [2.75, 3.05) is 4.90 Å². The summed E-state index contributed by atoms with van der Waals surface area (Å²) in [6.07, 6.45) is 4.47. The van der Waals surface area contributed by atoms with E-state index in [0.717, 1.165) is 0 Å². The fourth-order valence-corrected chi connectivity index (χ4v) is 6.92. The standard InChI is InChI=1S/C24H22BN3Se/c1-24(2,3)17-15-19-23-20(16-17)29-22-12-8-14-27(22)25(23)26-13-7-11-21(26)28(19)18-9-5-4-6-10-18/h4-16H,1-3H3. The Balaban J connectivity index is 1.70. The monoisotopic (exact) mass is 443 g/mol. The first kappa shape index (κ1) is 17.3. The van der Waals surface area contributed by atoms with Crippen LogP contribution in [-0.4, -0.2) is 30.9 Å². The molecular weight excluding hydrogens is 420 g/mol. The summed E-state index contributed by atoms with van der Waals surface area (Å²) in [7, 11) is 0. The molecule has 0 saturated heterocycles. The van der Waals surface area contributed by atoms with Crippen LogP contribution in [0.1, 0.15) is 26.3 Å². The molecular formula is C24H22BN3Se. The molecule has 29 heavy (non-hydrogen) atoms. The SMILES string of the molecule is CC(C)(C)c1cc2c3c(c1)N(c1ccccc1)c1cccn1B3n1cccc1[Se]2. The van der Waals surface area contributed by atoms with E-state index in [1.165, 1.54) is 37.3 Å². The third-order valence-electron chi connectivity index (χ3n) is 5.97. The van der Waals surface area contributed by atoms with E-state index in [2.05, 4.69) is 114 Å². The van der Waals surface area contributed by atoms with Gasteiger partial charge in [0.1, 0.15) is 0 Å². The van der Waals surface area contributed by atoms with Crippen molar-refractivity contribution in [3.8, 4) is 0 Å². The fourth-order valence-electron chi connectivity index (χ4n) is 4.52. The Bertz CT molecular complexity index is 1230. The van der Waals surface area contributed by atoms with E-state index >= 15 is 0 Å². The summed E-state index contributed by atoms with van der Waals surface area (Å²) in [5, 5.41) is 0. The van der Waals surface area contributed by atoms with Gasteiger partial charge in [0.05, 0.1) is 0 Å². The maximum atomic E-state index is 2.47. The van der Waals surface area contributed by atoms with E-state index in [-0.39, 0.29) is 12.4 Å². The Morgan fingerprint density at radius 2 is 1.59 bits per heavy atom. The van der Waals surface area contributed by atoms with E-state index < -0.39 is 0 Å². The average molecular weight is 442 g/mol. The van der Waals surface area contributed by atoms with Crippen molar-refractivity contribution < 1.29 is 0 Å². The van der Waals surface area contributed by atoms with Crippen molar-refractivity contribution in [1.29, 1.82) is 0 Å². The van der Waals surface area contributed by atoms with Gasteiger partial charge in [0.25, 0.3) is 0 Å². The summed E-state index contributed by atoms with van der Waals surface area (Å²) >= 11 is 0.304. The molecule has 142 valence electrons. The molecule has 5 heteroatoms. The van der Waals surface area contributed by atoms with Gasteiger partial charge in [0, 0.05) is 0 Å². The number of hydrogen-bond acceptors (Lipinski definition) is 1. The average Bonchev–Trinajstić information content (AvgIpc) is 3.36. The molecule has 0 saturated carbocycles. The van der Waals surface area contributed by atoms with Crippen molar-refractivity contribution in [2.24, 2.45) is 0 Å². The number of rotatable bonds is 1. The maximum absolute atomic E-state index is 2.47. The van der Waals surface area contributed by atoms with E-state index in [9.17, 15) is 0 Å². The first-order valence-electron chi connectivity index (χ1n) is 10.1. The molecule has 0 amide bonds. The van der Waals surface area contributed by atoms with Crippen LogP contribution in [0.3, 0.4) is 0 Å².